The van der Waals surface area contributed by atoms with Gasteiger partial charge in [-0.2, -0.15) is 4.31 Å². The number of halogens is 1. The van der Waals surface area contributed by atoms with Crippen LogP contribution in [0.15, 0.2) is 70.9 Å². The van der Waals surface area contributed by atoms with Gasteiger partial charge in [-0.3, -0.25) is 4.79 Å². The fourth-order valence-electron chi connectivity index (χ4n) is 3.56. The zero-order valence-electron chi connectivity index (χ0n) is 16.2. The van der Waals surface area contributed by atoms with E-state index in [0.717, 1.165) is 22.5 Å². The molecule has 0 unspecified atom stereocenters. The second-order valence-corrected chi connectivity index (χ2v) is 11.0. The zero-order valence-corrected chi connectivity index (χ0v) is 18.6. The number of benzene rings is 2. The number of piperazine rings is 1. The lowest BCUT2D eigenvalue weighted by atomic mass is 9.99. The van der Waals surface area contributed by atoms with Crippen LogP contribution in [0.1, 0.15) is 21.5 Å². The quantitative estimate of drug-likeness (QED) is 0.575. The summed E-state index contributed by atoms with van der Waals surface area (Å²) in [6.45, 7) is 1.25. The Morgan fingerprint density at radius 1 is 0.900 bits per heavy atom. The van der Waals surface area contributed by atoms with Gasteiger partial charge in [0, 0.05) is 31.7 Å². The molecule has 2 aromatic carbocycles. The number of sulfonamides is 1. The minimum atomic E-state index is -3.57. The Balaban J connectivity index is 1.46. The largest absolute Gasteiger partial charge is 0.336 e. The second kappa shape index (κ2) is 8.89. The van der Waals surface area contributed by atoms with Gasteiger partial charge in [0.1, 0.15) is 4.21 Å². The Hall–Kier alpha value is -2.19. The second-order valence-electron chi connectivity index (χ2n) is 7.07. The van der Waals surface area contributed by atoms with Crippen molar-refractivity contribution in [3.8, 4) is 0 Å². The van der Waals surface area contributed by atoms with Crippen molar-refractivity contribution in [2.75, 3.05) is 26.2 Å². The summed E-state index contributed by atoms with van der Waals surface area (Å²) < 4.78 is 27.7. The van der Waals surface area contributed by atoms with Gasteiger partial charge in [0.15, 0.2) is 0 Å². The van der Waals surface area contributed by atoms with Crippen molar-refractivity contribution < 1.29 is 13.2 Å². The first kappa shape index (κ1) is 21.1. The Bertz CT molecular complexity index is 1140. The van der Waals surface area contributed by atoms with E-state index in [-0.39, 0.29) is 23.2 Å². The summed E-state index contributed by atoms with van der Waals surface area (Å²) in [5, 5.41) is 0. The average molecular weight is 461 g/mol. The lowest BCUT2D eigenvalue weighted by Gasteiger charge is -2.34. The summed E-state index contributed by atoms with van der Waals surface area (Å²) in [5.74, 6) is -0.0576. The maximum atomic E-state index is 13.2. The first-order chi connectivity index (χ1) is 14.4. The van der Waals surface area contributed by atoms with Crippen molar-refractivity contribution in [2.24, 2.45) is 0 Å². The van der Waals surface area contributed by atoms with Gasteiger partial charge in [-0.25, -0.2) is 8.42 Å². The molecule has 1 aromatic heterocycles. The molecule has 5 nitrogen and oxygen atoms in total. The van der Waals surface area contributed by atoms with E-state index in [4.69, 9.17) is 11.6 Å². The van der Waals surface area contributed by atoms with Crippen molar-refractivity contribution >= 4 is 38.9 Å². The smallest absolute Gasteiger partial charge is 0.254 e. The van der Waals surface area contributed by atoms with E-state index >= 15 is 0 Å². The molecule has 4 rings (SSSR count). The van der Waals surface area contributed by atoms with Gasteiger partial charge in [0.25, 0.3) is 15.9 Å². The van der Waals surface area contributed by atoms with Crippen LogP contribution >= 0.6 is 22.9 Å². The molecule has 1 saturated heterocycles. The molecule has 0 saturated carbocycles. The first-order valence-electron chi connectivity index (χ1n) is 9.62. The molecule has 0 radical (unpaired) electrons. The summed E-state index contributed by atoms with van der Waals surface area (Å²) in [4.78, 5) is 14.9. The molecule has 8 heteroatoms. The monoisotopic (exact) mass is 460 g/mol. The predicted octanol–water partition coefficient (Wildman–Crippen LogP) is 4.14. The zero-order chi connectivity index (χ0) is 21.1. The Kier molecular flexibility index (Phi) is 6.24. The topological polar surface area (TPSA) is 57.7 Å². The fraction of sp³-hybridized carbons (Fsp3) is 0.227. The van der Waals surface area contributed by atoms with Gasteiger partial charge >= 0.3 is 0 Å². The first-order valence-corrected chi connectivity index (χ1v) is 12.3. The maximum absolute atomic E-state index is 13.2. The summed E-state index contributed by atoms with van der Waals surface area (Å²) in [6, 6.07) is 20.8. The molecule has 0 bridgehead atoms. The van der Waals surface area contributed by atoms with Crippen LogP contribution in [-0.2, 0) is 16.4 Å². The van der Waals surface area contributed by atoms with E-state index in [1.807, 2.05) is 54.6 Å². The molecular weight excluding hydrogens is 440 g/mol. The molecule has 0 N–H and O–H groups in total. The number of amides is 1. The fourth-order valence-corrected chi connectivity index (χ4v) is 6.62. The third-order valence-electron chi connectivity index (χ3n) is 5.15. The van der Waals surface area contributed by atoms with Crippen molar-refractivity contribution in [3.05, 3.63) is 87.8 Å². The predicted molar refractivity (Wildman–Crippen MR) is 120 cm³/mol. The van der Waals surface area contributed by atoms with Gasteiger partial charge in [0.2, 0.25) is 0 Å². The SMILES string of the molecule is O=C(c1ccccc1Cc1ccccc1)N1CCN(S(=O)(=O)c2ccc(Cl)s2)CC1. The highest BCUT2D eigenvalue weighted by Gasteiger charge is 2.31. The summed E-state index contributed by atoms with van der Waals surface area (Å²) >= 11 is 6.94. The van der Waals surface area contributed by atoms with Gasteiger partial charge in [-0.15, -0.1) is 11.3 Å². The van der Waals surface area contributed by atoms with E-state index in [1.165, 1.54) is 10.4 Å². The molecule has 30 heavy (non-hydrogen) atoms. The van der Waals surface area contributed by atoms with Crippen LogP contribution in [0.25, 0.3) is 0 Å². The van der Waals surface area contributed by atoms with Crippen LogP contribution in [-0.4, -0.2) is 49.7 Å². The number of carbonyl (C=O) groups excluding carboxylic acids is 1. The van der Waals surface area contributed by atoms with Crippen LogP contribution in [0.5, 0.6) is 0 Å². The lowest BCUT2D eigenvalue weighted by Crippen LogP contribution is -2.50. The molecule has 0 aliphatic carbocycles. The van der Waals surface area contributed by atoms with Crippen LogP contribution < -0.4 is 0 Å². The van der Waals surface area contributed by atoms with E-state index in [1.54, 1.807) is 11.0 Å². The molecule has 156 valence electrons. The highest BCUT2D eigenvalue weighted by atomic mass is 35.5. The van der Waals surface area contributed by atoms with Crippen LogP contribution in [0, 0.1) is 0 Å². The van der Waals surface area contributed by atoms with Crippen molar-refractivity contribution in [3.63, 3.8) is 0 Å². The maximum Gasteiger partial charge on any atom is 0.254 e. The molecule has 1 aliphatic heterocycles. The number of hydrogen-bond donors (Lipinski definition) is 0. The van der Waals surface area contributed by atoms with E-state index in [9.17, 15) is 13.2 Å². The Morgan fingerprint density at radius 3 is 2.23 bits per heavy atom. The highest BCUT2D eigenvalue weighted by Crippen LogP contribution is 2.29. The molecule has 1 aliphatic rings. The summed E-state index contributed by atoms with van der Waals surface area (Å²) in [7, 11) is -3.57. The lowest BCUT2D eigenvalue weighted by molar-refractivity contribution is 0.0697. The highest BCUT2D eigenvalue weighted by molar-refractivity contribution is 7.91. The Labute approximate surface area is 185 Å². The molecule has 1 amide bonds. The number of hydrogen-bond acceptors (Lipinski definition) is 4. The number of nitrogens with zero attached hydrogens (tertiary/aromatic N) is 2. The van der Waals surface area contributed by atoms with Crippen LogP contribution in [0.2, 0.25) is 4.34 Å². The Morgan fingerprint density at radius 2 is 1.57 bits per heavy atom. The minimum absolute atomic E-state index is 0.0576. The van der Waals surface area contributed by atoms with Crippen LogP contribution in [0.4, 0.5) is 0 Å². The van der Waals surface area contributed by atoms with Crippen LogP contribution in [0.3, 0.4) is 0 Å². The van der Waals surface area contributed by atoms with Crippen molar-refractivity contribution in [1.82, 2.24) is 9.21 Å². The van der Waals surface area contributed by atoms with Crippen molar-refractivity contribution in [2.45, 2.75) is 10.6 Å². The molecule has 3 aromatic rings. The number of carbonyl (C=O) groups is 1. The van der Waals surface area contributed by atoms with Gasteiger partial charge in [-0.05, 0) is 35.7 Å². The normalized spacial score (nSPS) is 15.3. The van der Waals surface area contributed by atoms with E-state index in [0.29, 0.717) is 29.4 Å². The number of thiophene rings is 1. The third kappa shape index (κ3) is 4.44. The average Bonchev–Trinajstić information content (AvgIpc) is 3.22. The minimum Gasteiger partial charge on any atom is -0.336 e. The standard InChI is InChI=1S/C22H21ClN2O3S2/c23-20-10-11-21(29-20)30(27,28)25-14-12-24(13-15-25)22(26)19-9-5-4-8-18(19)16-17-6-2-1-3-7-17/h1-11H,12-16H2. The van der Waals surface area contributed by atoms with Gasteiger partial charge in [-0.1, -0.05) is 60.1 Å². The summed E-state index contributed by atoms with van der Waals surface area (Å²) in [6.07, 6.45) is 0.677. The van der Waals surface area contributed by atoms with Crippen molar-refractivity contribution in [1.29, 1.82) is 0 Å². The van der Waals surface area contributed by atoms with Gasteiger partial charge in [0.05, 0.1) is 4.34 Å². The molecule has 2 heterocycles. The van der Waals surface area contributed by atoms with E-state index in [2.05, 4.69) is 0 Å². The molecule has 0 spiro atoms. The number of rotatable bonds is 5. The van der Waals surface area contributed by atoms with Gasteiger partial charge < -0.3 is 4.90 Å². The molecule has 0 atom stereocenters. The van der Waals surface area contributed by atoms with E-state index < -0.39 is 10.0 Å². The summed E-state index contributed by atoms with van der Waals surface area (Å²) in [5.41, 5.74) is 2.78. The molecular formula is C22H21ClN2O3S2. The third-order valence-corrected chi connectivity index (χ3v) is 8.75. The molecule has 1 fully saturated rings.